The van der Waals surface area contributed by atoms with Crippen molar-refractivity contribution in [1.82, 2.24) is 0 Å². The molecular formula is C32H40O3. The highest BCUT2D eigenvalue weighted by Gasteiger charge is 2.40. The minimum Gasteiger partial charge on any atom is -0.508 e. The van der Waals surface area contributed by atoms with E-state index in [-0.39, 0.29) is 16.9 Å². The van der Waals surface area contributed by atoms with Crippen LogP contribution in [0.2, 0.25) is 0 Å². The summed E-state index contributed by atoms with van der Waals surface area (Å²) in [5.74, 6) is 2.72. The summed E-state index contributed by atoms with van der Waals surface area (Å²) < 4.78 is 0. The number of rotatable bonds is 9. The zero-order valence-corrected chi connectivity index (χ0v) is 21.2. The molecule has 0 heterocycles. The van der Waals surface area contributed by atoms with Crippen molar-refractivity contribution in [2.24, 2.45) is 11.8 Å². The Kier molecular flexibility index (Phi) is 8.05. The smallest absolute Gasteiger partial charge is 0.115 e. The Bertz CT molecular complexity index is 998. The average Bonchev–Trinajstić information content (AvgIpc) is 2.87. The molecule has 2 atom stereocenters. The van der Waals surface area contributed by atoms with Crippen LogP contribution < -0.4 is 0 Å². The fourth-order valence-corrected chi connectivity index (χ4v) is 6.34. The summed E-state index contributed by atoms with van der Waals surface area (Å²) >= 11 is 0. The van der Waals surface area contributed by atoms with E-state index in [0.29, 0.717) is 17.6 Å². The van der Waals surface area contributed by atoms with E-state index in [1.807, 2.05) is 12.1 Å². The van der Waals surface area contributed by atoms with Crippen LogP contribution in [0.15, 0.2) is 72.8 Å². The van der Waals surface area contributed by atoms with Crippen LogP contribution >= 0.6 is 0 Å². The maximum absolute atomic E-state index is 9.90. The maximum Gasteiger partial charge on any atom is 0.115 e. The van der Waals surface area contributed by atoms with Crippen LogP contribution in [-0.4, -0.2) is 15.3 Å². The van der Waals surface area contributed by atoms with Crippen LogP contribution in [0, 0.1) is 11.8 Å². The molecular weight excluding hydrogens is 432 g/mol. The molecule has 0 radical (unpaired) electrons. The summed E-state index contributed by atoms with van der Waals surface area (Å²) in [4.78, 5) is 0. The Morgan fingerprint density at radius 3 is 1.60 bits per heavy atom. The lowest BCUT2D eigenvalue weighted by Crippen LogP contribution is -2.34. The van der Waals surface area contributed by atoms with E-state index in [1.165, 1.54) is 42.4 Å². The minimum atomic E-state index is -0.118. The number of aromatic hydroxyl groups is 3. The lowest BCUT2D eigenvalue weighted by molar-refractivity contribution is 0.222. The van der Waals surface area contributed by atoms with Crippen molar-refractivity contribution in [1.29, 1.82) is 0 Å². The van der Waals surface area contributed by atoms with Crippen LogP contribution in [0.5, 0.6) is 17.2 Å². The lowest BCUT2D eigenvalue weighted by Gasteiger charge is -2.44. The monoisotopic (exact) mass is 472 g/mol. The molecule has 0 aromatic heterocycles. The Labute approximate surface area is 210 Å². The molecule has 186 valence electrons. The minimum absolute atomic E-state index is 0.118. The average molecular weight is 473 g/mol. The first-order chi connectivity index (χ1) is 16.9. The summed E-state index contributed by atoms with van der Waals surface area (Å²) in [6.45, 7) is 4.64. The molecule has 0 spiro atoms. The van der Waals surface area contributed by atoms with Crippen molar-refractivity contribution in [2.45, 2.75) is 76.5 Å². The molecule has 1 fully saturated rings. The second kappa shape index (κ2) is 11.2. The van der Waals surface area contributed by atoms with Crippen LogP contribution in [-0.2, 0) is 5.41 Å². The van der Waals surface area contributed by atoms with E-state index in [0.717, 1.165) is 31.6 Å². The molecule has 3 aromatic rings. The molecule has 2 unspecified atom stereocenters. The second-order valence-electron chi connectivity index (χ2n) is 10.7. The third-order valence-corrected chi connectivity index (χ3v) is 8.37. The third-order valence-electron chi connectivity index (χ3n) is 8.37. The summed E-state index contributed by atoms with van der Waals surface area (Å²) in [6.07, 6.45) is 9.23. The van der Waals surface area contributed by atoms with E-state index in [4.69, 9.17) is 0 Å². The summed E-state index contributed by atoms with van der Waals surface area (Å²) in [7, 11) is 0. The van der Waals surface area contributed by atoms with Gasteiger partial charge in [-0.2, -0.15) is 0 Å². The topological polar surface area (TPSA) is 60.7 Å². The number of phenols is 3. The van der Waals surface area contributed by atoms with Gasteiger partial charge in [0.2, 0.25) is 0 Å². The standard InChI is InChI=1S/C32H40O3/c1-3-4-23(2)5-18-31(24-6-12-28(33)13-7-24)25-19-21-32(22-20-25,26-8-14-29(34)15-9-26)27-10-16-30(35)17-11-27/h6-17,23,25,31,33-35H,3-5,18-22H2,1-2H3. The summed E-state index contributed by atoms with van der Waals surface area (Å²) in [5.41, 5.74) is 3.69. The van der Waals surface area contributed by atoms with Crippen molar-refractivity contribution in [3.8, 4) is 17.2 Å². The Balaban J connectivity index is 1.60. The fourth-order valence-electron chi connectivity index (χ4n) is 6.34. The summed E-state index contributed by atoms with van der Waals surface area (Å²) in [5, 5.41) is 29.7. The van der Waals surface area contributed by atoms with Gasteiger partial charge in [0, 0.05) is 5.41 Å². The molecule has 0 amide bonds. The van der Waals surface area contributed by atoms with Gasteiger partial charge in [-0.1, -0.05) is 69.5 Å². The summed E-state index contributed by atoms with van der Waals surface area (Å²) in [6, 6.07) is 23.3. The van der Waals surface area contributed by atoms with Gasteiger partial charge in [0.1, 0.15) is 17.2 Å². The second-order valence-corrected chi connectivity index (χ2v) is 10.7. The van der Waals surface area contributed by atoms with Gasteiger partial charge in [-0.3, -0.25) is 0 Å². The SMILES string of the molecule is CCCC(C)CCC(c1ccc(O)cc1)C1CCC(c2ccc(O)cc2)(c2ccc(O)cc2)CC1. The quantitative estimate of drug-likeness (QED) is 0.294. The number of hydrogen-bond donors (Lipinski definition) is 3. The highest BCUT2D eigenvalue weighted by molar-refractivity contribution is 5.43. The molecule has 0 aliphatic heterocycles. The number of phenolic OH excluding ortho intramolecular Hbond substituents is 3. The predicted octanol–water partition coefficient (Wildman–Crippen LogP) is 8.28. The zero-order valence-electron chi connectivity index (χ0n) is 21.2. The number of benzene rings is 3. The Morgan fingerprint density at radius 1 is 0.686 bits per heavy atom. The van der Waals surface area contributed by atoms with Crippen molar-refractivity contribution in [3.63, 3.8) is 0 Å². The van der Waals surface area contributed by atoms with E-state index < -0.39 is 0 Å². The highest BCUT2D eigenvalue weighted by atomic mass is 16.3. The predicted molar refractivity (Wildman–Crippen MR) is 143 cm³/mol. The van der Waals surface area contributed by atoms with E-state index in [1.54, 1.807) is 24.3 Å². The van der Waals surface area contributed by atoms with Gasteiger partial charge < -0.3 is 15.3 Å². The highest BCUT2D eigenvalue weighted by Crippen LogP contribution is 2.51. The van der Waals surface area contributed by atoms with Crippen molar-refractivity contribution >= 4 is 0 Å². The molecule has 0 saturated heterocycles. The fraction of sp³-hybridized carbons (Fsp3) is 0.438. The van der Waals surface area contributed by atoms with Crippen LogP contribution in [0.1, 0.15) is 87.8 Å². The maximum atomic E-state index is 9.90. The van der Waals surface area contributed by atoms with Crippen molar-refractivity contribution < 1.29 is 15.3 Å². The zero-order chi connectivity index (χ0) is 24.8. The largest absolute Gasteiger partial charge is 0.508 e. The van der Waals surface area contributed by atoms with Crippen molar-refractivity contribution in [3.05, 3.63) is 89.5 Å². The first-order valence-corrected chi connectivity index (χ1v) is 13.3. The molecule has 1 saturated carbocycles. The lowest BCUT2D eigenvalue weighted by atomic mass is 9.60. The first kappa shape index (κ1) is 25.2. The molecule has 3 heteroatoms. The Morgan fingerprint density at radius 2 is 1.14 bits per heavy atom. The van der Waals surface area contributed by atoms with Gasteiger partial charge in [0.05, 0.1) is 0 Å². The van der Waals surface area contributed by atoms with E-state index >= 15 is 0 Å². The first-order valence-electron chi connectivity index (χ1n) is 13.3. The Hall–Kier alpha value is -2.94. The van der Waals surface area contributed by atoms with Gasteiger partial charge in [0.15, 0.2) is 0 Å². The normalized spacial score (nSPS) is 17.7. The molecule has 4 rings (SSSR count). The van der Waals surface area contributed by atoms with Gasteiger partial charge in [-0.05, 0) is 103 Å². The molecule has 3 aromatic carbocycles. The molecule has 35 heavy (non-hydrogen) atoms. The third kappa shape index (κ3) is 5.83. The molecule has 1 aliphatic rings. The number of hydrogen-bond acceptors (Lipinski definition) is 3. The molecule has 0 bridgehead atoms. The van der Waals surface area contributed by atoms with Crippen LogP contribution in [0.3, 0.4) is 0 Å². The molecule has 3 N–H and O–H groups in total. The van der Waals surface area contributed by atoms with Gasteiger partial charge in [-0.15, -0.1) is 0 Å². The van der Waals surface area contributed by atoms with Gasteiger partial charge >= 0.3 is 0 Å². The van der Waals surface area contributed by atoms with Crippen LogP contribution in [0.25, 0.3) is 0 Å². The molecule has 1 aliphatic carbocycles. The molecule has 3 nitrogen and oxygen atoms in total. The van der Waals surface area contributed by atoms with Gasteiger partial charge in [0.25, 0.3) is 0 Å². The van der Waals surface area contributed by atoms with E-state index in [2.05, 4.69) is 50.2 Å². The van der Waals surface area contributed by atoms with Gasteiger partial charge in [-0.25, -0.2) is 0 Å². The van der Waals surface area contributed by atoms with Crippen LogP contribution in [0.4, 0.5) is 0 Å². The van der Waals surface area contributed by atoms with Crippen molar-refractivity contribution in [2.75, 3.05) is 0 Å². The van der Waals surface area contributed by atoms with E-state index in [9.17, 15) is 15.3 Å².